The van der Waals surface area contributed by atoms with E-state index in [0.717, 1.165) is 0 Å². The third kappa shape index (κ3) is 1.23. The molecular weight excluding hydrogens is 194 g/mol. The SMILES string of the molecule is O=C(O)c1ccn2ncc(Cl)c2n1. The lowest BCUT2D eigenvalue weighted by Crippen LogP contribution is -2.02. The van der Waals surface area contributed by atoms with Crippen molar-refractivity contribution in [2.75, 3.05) is 0 Å². The number of carbonyl (C=O) groups is 1. The predicted molar refractivity (Wildman–Crippen MR) is 45.0 cm³/mol. The number of nitrogens with zero attached hydrogens (tertiary/aromatic N) is 3. The van der Waals surface area contributed by atoms with E-state index < -0.39 is 5.97 Å². The number of aromatic carboxylic acids is 1. The second-order valence-corrected chi connectivity index (χ2v) is 2.79. The summed E-state index contributed by atoms with van der Waals surface area (Å²) >= 11 is 5.71. The van der Waals surface area contributed by atoms with Crippen LogP contribution in [0.5, 0.6) is 0 Å². The van der Waals surface area contributed by atoms with Crippen molar-refractivity contribution >= 4 is 23.2 Å². The van der Waals surface area contributed by atoms with Gasteiger partial charge in [0.2, 0.25) is 0 Å². The van der Waals surface area contributed by atoms with Gasteiger partial charge in [-0.3, -0.25) is 0 Å². The zero-order chi connectivity index (χ0) is 9.42. The van der Waals surface area contributed by atoms with Crippen molar-refractivity contribution < 1.29 is 9.90 Å². The van der Waals surface area contributed by atoms with Gasteiger partial charge in [-0.2, -0.15) is 5.10 Å². The highest BCUT2D eigenvalue weighted by Crippen LogP contribution is 2.13. The van der Waals surface area contributed by atoms with Gasteiger partial charge in [-0.1, -0.05) is 11.6 Å². The van der Waals surface area contributed by atoms with Gasteiger partial charge in [0.15, 0.2) is 11.3 Å². The molecule has 2 heterocycles. The van der Waals surface area contributed by atoms with Gasteiger partial charge in [0.25, 0.3) is 0 Å². The van der Waals surface area contributed by atoms with Crippen LogP contribution in [0.15, 0.2) is 18.5 Å². The van der Waals surface area contributed by atoms with Crippen molar-refractivity contribution in [3.63, 3.8) is 0 Å². The Morgan fingerprint density at radius 3 is 3.08 bits per heavy atom. The quantitative estimate of drug-likeness (QED) is 0.743. The molecule has 1 N–H and O–H groups in total. The van der Waals surface area contributed by atoms with Gasteiger partial charge in [0.1, 0.15) is 5.02 Å². The average Bonchev–Trinajstić information content (AvgIpc) is 2.47. The lowest BCUT2D eigenvalue weighted by molar-refractivity contribution is 0.0690. The number of hydrogen-bond donors (Lipinski definition) is 1. The summed E-state index contributed by atoms with van der Waals surface area (Å²) < 4.78 is 1.41. The van der Waals surface area contributed by atoms with Crippen LogP contribution in [0.4, 0.5) is 0 Å². The summed E-state index contributed by atoms with van der Waals surface area (Å²) in [7, 11) is 0. The van der Waals surface area contributed by atoms with Crippen LogP contribution >= 0.6 is 11.6 Å². The number of carboxylic acid groups (broad SMARTS) is 1. The molecule has 0 radical (unpaired) electrons. The summed E-state index contributed by atoms with van der Waals surface area (Å²) in [5.74, 6) is -1.08. The van der Waals surface area contributed by atoms with Gasteiger partial charge < -0.3 is 5.11 Å². The first-order chi connectivity index (χ1) is 6.18. The lowest BCUT2D eigenvalue weighted by Gasteiger charge is -1.94. The highest BCUT2D eigenvalue weighted by Gasteiger charge is 2.08. The first-order valence-corrected chi connectivity index (χ1v) is 3.79. The number of halogens is 1. The minimum atomic E-state index is -1.08. The van der Waals surface area contributed by atoms with E-state index in [4.69, 9.17) is 16.7 Å². The van der Waals surface area contributed by atoms with E-state index in [9.17, 15) is 4.79 Å². The van der Waals surface area contributed by atoms with Crippen LogP contribution in [-0.4, -0.2) is 25.7 Å². The van der Waals surface area contributed by atoms with E-state index in [0.29, 0.717) is 10.7 Å². The molecule has 13 heavy (non-hydrogen) atoms. The molecule has 5 nitrogen and oxygen atoms in total. The first-order valence-electron chi connectivity index (χ1n) is 3.41. The van der Waals surface area contributed by atoms with Gasteiger partial charge in [0.05, 0.1) is 6.20 Å². The fraction of sp³-hybridized carbons (Fsp3) is 0. The largest absolute Gasteiger partial charge is 0.477 e. The smallest absolute Gasteiger partial charge is 0.354 e. The number of aromatic nitrogens is 3. The van der Waals surface area contributed by atoms with Crippen molar-refractivity contribution in [2.45, 2.75) is 0 Å². The maximum Gasteiger partial charge on any atom is 0.354 e. The zero-order valence-corrected chi connectivity index (χ0v) is 7.06. The Hall–Kier alpha value is -1.62. The number of carboxylic acids is 1. The lowest BCUT2D eigenvalue weighted by atomic mass is 10.4. The maximum absolute atomic E-state index is 10.5. The molecule has 66 valence electrons. The van der Waals surface area contributed by atoms with Crippen LogP contribution in [0.3, 0.4) is 0 Å². The van der Waals surface area contributed by atoms with E-state index in [-0.39, 0.29) is 5.69 Å². The van der Waals surface area contributed by atoms with Crippen molar-refractivity contribution in [3.05, 3.63) is 29.2 Å². The Morgan fingerprint density at radius 1 is 1.62 bits per heavy atom. The van der Waals surface area contributed by atoms with Crippen molar-refractivity contribution in [1.29, 1.82) is 0 Å². The number of rotatable bonds is 1. The Bertz CT molecular complexity index is 480. The molecular formula is C7H4ClN3O2. The molecule has 0 bridgehead atoms. The summed E-state index contributed by atoms with van der Waals surface area (Å²) in [4.78, 5) is 14.3. The molecule has 0 fully saturated rings. The number of hydrogen-bond acceptors (Lipinski definition) is 3. The first kappa shape index (κ1) is 8.00. The summed E-state index contributed by atoms with van der Waals surface area (Å²) in [5, 5.41) is 12.8. The Kier molecular flexibility index (Phi) is 1.66. The van der Waals surface area contributed by atoms with E-state index in [1.54, 1.807) is 0 Å². The molecule has 0 aliphatic carbocycles. The van der Waals surface area contributed by atoms with Crippen LogP contribution in [0.1, 0.15) is 10.5 Å². The Morgan fingerprint density at radius 2 is 2.38 bits per heavy atom. The van der Waals surface area contributed by atoms with E-state index in [1.807, 2.05) is 0 Å². The zero-order valence-electron chi connectivity index (χ0n) is 6.31. The third-order valence-corrected chi connectivity index (χ3v) is 1.81. The molecule has 6 heteroatoms. The van der Waals surface area contributed by atoms with Crippen LogP contribution < -0.4 is 0 Å². The monoisotopic (exact) mass is 197 g/mol. The highest BCUT2D eigenvalue weighted by atomic mass is 35.5. The Balaban J connectivity index is 2.72. The molecule has 0 amide bonds. The molecule has 2 aromatic heterocycles. The summed E-state index contributed by atoms with van der Waals surface area (Å²) in [6, 6.07) is 1.36. The van der Waals surface area contributed by atoms with E-state index in [2.05, 4.69) is 10.1 Å². The molecule has 0 spiro atoms. The predicted octanol–water partition coefficient (Wildman–Crippen LogP) is 1.08. The van der Waals surface area contributed by atoms with Gasteiger partial charge in [-0.25, -0.2) is 14.3 Å². The fourth-order valence-electron chi connectivity index (χ4n) is 0.960. The van der Waals surface area contributed by atoms with Crippen molar-refractivity contribution in [1.82, 2.24) is 14.6 Å². The molecule has 2 rings (SSSR count). The fourth-order valence-corrected chi connectivity index (χ4v) is 1.13. The number of fused-ring (bicyclic) bond motifs is 1. The summed E-state index contributed by atoms with van der Waals surface area (Å²) in [5.41, 5.74) is 0.302. The van der Waals surface area contributed by atoms with Crippen LogP contribution in [-0.2, 0) is 0 Å². The van der Waals surface area contributed by atoms with Gasteiger partial charge >= 0.3 is 5.97 Å². The molecule has 0 aromatic carbocycles. The van der Waals surface area contributed by atoms with Crippen LogP contribution in [0, 0.1) is 0 Å². The summed E-state index contributed by atoms with van der Waals surface area (Å²) in [6.45, 7) is 0. The van der Waals surface area contributed by atoms with Crippen molar-refractivity contribution in [2.24, 2.45) is 0 Å². The molecule has 0 saturated heterocycles. The molecule has 0 atom stereocenters. The normalized spacial score (nSPS) is 10.5. The van der Waals surface area contributed by atoms with Crippen LogP contribution in [0.25, 0.3) is 5.65 Å². The van der Waals surface area contributed by atoms with Crippen molar-refractivity contribution in [3.8, 4) is 0 Å². The van der Waals surface area contributed by atoms with Gasteiger partial charge in [-0.15, -0.1) is 0 Å². The minimum absolute atomic E-state index is 0.0464. The average molecular weight is 198 g/mol. The van der Waals surface area contributed by atoms with E-state index >= 15 is 0 Å². The van der Waals surface area contributed by atoms with E-state index in [1.165, 1.54) is 23.0 Å². The third-order valence-electron chi connectivity index (χ3n) is 1.55. The van der Waals surface area contributed by atoms with Gasteiger partial charge in [-0.05, 0) is 6.07 Å². The Labute approximate surface area is 77.6 Å². The standard InChI is InChI=1S/C7H4ClN3O2/c8-4-3-9-11-2-1-5(7(12)13)10-6(4)11/h1-3H,(H,12,13). The topological polar surface area (TPSA) is 67.5 Å². The molecule has 0 aliphatic heterocycles. The summed E-state index contributed by atoms with van der Waals surface area (Å²) in [6.07, 6.45) is 2.91. The molecule has 0 unspecified atom stereocenters. The molecule has 0 saturated carbocycles. The highest BCUT2D eigenvalue weighted by molar-refractivity contribution is 6.33. The second kappa shape index (κ2) is 2.70. The van der Waals surface area contributed by atoms with Crippen LogP contribution in [0.2, 0.25) is 5.02 Å². The second-order valence-electron chi connectivity index (χ2n) is 2.38. The minimum Gasteiger partial charge on any atom is -0.477 e. The maximum atomic E-state index is 10.5. The molecule has 0 aliphatic rings. The van der Waals surface area contributed by atoms with Gasteiger partial charge in [0, 0.05) is 6.20 Å². The molecule has 2 aromatic rings.